The summed E-state index contributed by atoms with van der Waals surface area (Å²) in [6.45, 7) is 2.09. The van der Waals surface area contributed by atoms with Crippen molar-refractivity contribution in [2.45, 2.75) is 19.8 Å². The lowest BCUT2D eigenvalue weighted by molar-refractivity contribution is 0.392. The Kier molecular flexibility index (Phi) is 1.62. The molecular weight excluding hydrogens is 104 g/mol. The van der Waals surface area contributed by atoms with Gasteiger partial charge < -0.3 is 4.52 Å². The van der Waals surface area contributed by atoms with Gasteiger partial charge in [0.05, 0.1) is 0 Å². The second-order valence-electron chi connectivity index (χ2n) is 1.65. The maximum absolute atomic E-state index is 4.51. The van der Waals surface area contributed by atoms with E-state index < -0.39 is 0 Å². The minimum Gasteiger partial charge on any atom is -0.345 e. The van der Waals surface area contributed by atoms with Gasteiger partial charge in [0.2, 0.25) is 0 Å². The quantitative estimate of drug-likeness (QED) is 0.573. The maximum Gasteiger partial charge on any atom is 0.147 e. The van der Waals surface area contributed by atoms with Crippen LogP contribution in [0.15, 0.2) is 10.8 Å². The molecule has 0 atom stereocenters. The lowest BCUT2D eigenvalue weighted by atomic mass is 10.3. The summed E-state index contributed by atoms with van der Waals surface area (Å²) in [6.07, 6.45) is 3.63. The molecule has 0 N–H and O–H groups in total. The molecule has 1 aromatic rings. The summed E-state index contributed by atoms with van der Waals surface area (Å²) in [4.78, 5) is 0. The third-order valence-electron chi connectivity index (χ3n) is 0.911. The van der Waals surface area contributed by atoms with Gasteiger partial charge in [-0.25, -0.2) is 0 Å². The third kappa shape index (κ3) is 1.05. The van der Waals surface area contributed by atoms with Crippen LogP contribution in [0.3, 0.4) is 0 Å². The van der Waals surface area contributed by atoms with Crippen LogP contribution >= 0.6 is 0 Å². The van der Waals surface area contributed by atoms with Crippen LogP contribution in [0.25, 0.3) is 0 Å². The molecule has 0 bridgehead atoms. The number of hydrogen-bond donors (Lipinski definition) is 0. The third-order valence-corrected chi connectivity index (χ3v) is 0.911. The summed E-state index contributed by atoms with van der Waals surface area (Å²) in [6, 6.07) is 0. The highest BCUT2D eigenvalue weighted by molar-refractivity contribution is 4.86. The van der Waals surface area contributed by atoms with E-state index in [9.17, 15) is 0 Å². The number of aryl methyl sites for hydroxylation is 1. The van der Waals surface area contributed by atoms with Gasteiger partial charge in [0.25, 0.3) is 0 Å². The average molecular weight is 112 g/mol. The summed E-state index contributed by atoms with van der Waals surface area (Å²) >= 11 is 0. The second kappa shape index (κ2) is 2.45. The summed E-state index contributed by atoms with van der Waals surface area (Å²) in [7, 11) is 0. The lowest BCUT2D eigenvalue weighted by Gasteiger charge is -1.81. The predicted octanol–water partition coefficient (Wildman–Crippen LogP) is 1.02. The van der Waals surface area contributed by atoms with E-state index in [1.165, 1.54) is 0 Å². The van der Waals surface area contributed by atoms with E-state index >= 15 is 0 Å². The molecule has 0 fully saturated rings. The largest absolute Gasteiger partial charge is 0.345 e. The van der Waals surface area contributed by atoms with Gasteiger partial charge in [-0.1, -0.05) is 13.3 Å². The molecule has 0 saturated carbocycles. The molecule has 3 nitrogen and oxygen atoms in total. The minimum atomic E-state index is 0.938. The molecule has 0 aliphatic rings. The zero-order valence-electron chi connectivity index (χ0n) is 4.79. The summed E-state index contributed by atoms with van der Waals surface area (Å²) in [5.74, 6) is 0. The number of rotatable bonds is 2. The van der Waals surface area contributed by atoms with Gasteiger partial charge in [-0.3, -0.25) is 0 Å². The van der Waals surface area contributed by atoms with Crippen molar-refractivity contribution in [1.82, 2.24) is 10.4 Å². The van der Waals surface area contributed by atoms with Crippen molar-refractivity contribution in [1.29, 1.82) is 0 Å². The van der Waals surface area contributed by atoms with Crippen LogP contribution in [0.5, 0.6) is 0 Å². The second-order valence-corrected chi connectivity index (χ2v) is 1.65. The first kappa shape index (κ1) is 5.28. The number of nitrogens with zero attached hydrogens (tertiary/aromatic N) is 2. The first-order valence-corrected chi connectivity index (χ1v) is 2.69. The van der Waals surface area contributed by atoms with E-state index in [0.717, 1.165) is 18.5 Å². The highest BCUT2D eigenvalue weighted by atomic mass is 16.5. The lowest BCUT2D eigenvalue weighted by Crippen LogP contribution is -1.80. The smallest absolute Gasteiger partial charge is 0.147 e. The fourth-order valence-corrected chi connectivity index (χ4v) is 0.549. The van der Waals surface area contributed by atoms with Crippen molar-refractivity contribution in [3.05, 3.63) is 12.0 Å². The van der Waals surface area contributed by atoms with Crippen LogP contribution < -0.4 is 0 Å². The molecule has 0 amide bonds. The van der Waals surface area contributed by atoms with Gasteiger partial charge >= 0.3 is 0 Å². The number of hydrogen-bond acceptors (Lipinski definition) is 3. The first-order valence-electron chi connectivity index (χ1n) is 2.69. The molecule has 0 unspecified atom stereocenters. The Labute approximate surface area is 47.7 Å². The van der Waals surface area contributed by atoms with Crippen LogP contribution in [-0.4, -0.2) is 10.4 Å². The minimum absolute atomic E-state index is 0.938. The van der Waals surface area contributed by atoms with Gasteiger partial charge in [-0.15, -0.1) is 5.10 Å². The molecule has 8 heavy (non-hydrogen) atoms. The van der Waals surface area contributed by atoms with Crippen molar-refractivity contribution < 1.29 is 4.52 Å². The molecule has 1 aromatic heterocycles. The van der Waals surface area contributed by atoms with E-state index in [1.807, 2.05) is 0 Å². The van der Waals surface area contributed by atoms with Crippen molar-refractivity contribution in [2.75, 3.05) is 0 Å². The highest BCUT2D eigenvalue weighted by Gasteiger charge is 1.91. The molecule has 0 aliphatic carbocycles. The summed E-state index contributed by atoms with van der Waals surface area (Å²) < 4.78 is 4.51. The van der Waals surface area contributed by atoms with Crippen molar-refractivity contribution in [3.8, 4) is 0 Å². The van der Waals surface area contributed by atoms with Crippen LogP contribution in [0.4, 0.5) is 0 Å². The number of aromatic nitrogens is 2. The molecular formula is C5H8N2O. The molecule has 0 saturated heterocycles. The Hall–Kier alpha value is -0.860. The van der Waals surface area contributed by atoms with Crippen LogP contribution in [0.1, 0.15) is 19.0 Å². The van der Waals surface area contributed by atoms with Crippen LogP contribution in [0.2, 0.25) is 0 Å². The van der Waals surface area contributed by atoms with Crippen LogP contribution in [0, 0.1) is 0 Å². The Morgan fingerprint density at radius 3 is 3.12 bits per heavy atom. The molecule has 0 aromatic carbocycles. The van der Waals surface area contributed by atoms with Gasteiger partial charge in [0, 0.05) is 5.27 Å². The van der Waals surface area contributed by atoms with Gasteiger partial charge in [0.1, 0.15) is 12.0 Å². The summed E-state index contributed by atoms with van der Waals surface area (Å²) in [5.41, 5.74) is 0.938. The maximum atomic E-state index is 4.51. The Bertz CT molecular complexity index is 136. The van der Waals surface area contributed by atoms with E-state index in [4.69, 9.17) is 0 Å². The van der Waals surface area contributed by atoms with Crippen LogP contribution in [-0.2, 0) is 6.42 Å². The highest BCUT2D eigenvalue weighted by Crippen LogP contribution is 1.94. The first-order chi connectivity index (χ1) is 3.93. The summed E-state index contributed by atoms with van der Waals surface area (Å²) in [5, 5.41) is 7.01. The zero-order valence-corrected chi connectivity index (χ0v) is 4.79. The monoisotopic (exact) mass is 112 g/mol. The molecule has 0 aliphatic heterocycles. The van der Waals surface area contributed by atoms with E-state index in [-0.39, 0.29) is 0 Å². The molecule has 0 spiro atoms. The topological polar surface area (TPSA) is 38.9 Å². The van der Waals surface area contributed by atoms with E-state index in [0.29, 0.717) is 0 Å². The van der Waals surface area contributed by atoms with Crippen molar-refractivity contribution >= 4 is 0 Å². The van der Waals surface area contributed by atoms with Gasteiger partial charge in [-0.2, -0.15) is 0 Å². The molecule has 1 heterocycles. The Morgan fingerprint density at radius 1 is 1.75 bits per heavy atom. The average Bonchev–Trinajstić information content (AvgIpc) is 2.19. The Morgan fingerprint density at radius 2 is 2.62 bits per heavy atom. The SMILES string of the molecule is CCCc1conn1. The van der Waals surface area contributed by atoms with Crippen molar-refractivity contribution in [2.24, 2.45) is 0 Å². The fourth-order valence-electron chi connectivity index (χ4n) is 0.549. The Balaban J connectivity index is 2.50. The molecule has 44 valence electrons. The normalized spacial score (nSPS) is 9.62. The van der Waals surface area contributed by atoms with E-state index in [1.54, 1.807) is 6.26 Å². The molecule has 1 rings (SSSR count). The van der Waals surface area contributed by atoms with E-state index in [2.05, 4.69) is 21.8 Å². The van der Waals surface area contributed by atoms with Crippen molar-refractivity contribution in [3.63, 3.8) is 0 Å². The zero-order chi connectivity index (χ0) is 5.82. The van der Waals surface area contributed by atoms with Gasteiger partial charge in [-0.05, 0) is 6.42 Å². The fraction of sp³-hybridized carbons (Fsp3) is 0.600. The standard InChI is InChI=1S/C5H8N2O/c1-2-3-5-4-8-7-6-5/h4H,2-3H2,1H3. The van der Waals surface area contributed by atoms with Gasteiger partial charge in [0.15, 0.2) is 0 Å². The molecule has 3 heteroatoms. The molecule has 0 radical (unpaired) electrons. The predicted molar refractivity (Wildman–Crippen MR) is 28.3 cm³/mol.